The summed E-state index contributed by atoms with van der Waals surface area (Å²) in [6, 6.07) is 0. The van der Waals surface area contributed by atoms with Crippen molar-refractivity contribution >= 4 is 11.9 Å². The van der Waals surface area contributed by atoms with Crippen molar-refractivity contribution in [3.8, 4) is 0 Å². The van der Waals surface area contributed by atoms with Gasteiger partial charge >= 0.3 is 11.9 Å². The van der Waals surface area contributed by atoms with E-state index in [2.05, 4.69) is 12.2 Å². The first-order chi connectivity index (χ1) is 18.2. The van der Waals surface area contributed by atoms with Crippen molar-refractivity contribution in [2.75, 3.05) is 6.54 Å². The fourth-order valence-electron chi connectivity index (χ4n) is 7.19. The topological polar surface area (TPSA) is 120 Å². The quantitative estimate of drug-likeness (QED) is 0.217. The van der Waals surface area contributed by atoms with Gasteiger partial charge in [0.2, 0.25) is 0 Å². The molecule has 3 aliphatic rings. The first-order valence-electron chi connectivity index (χ1n) is 15.4. The number of hydrogen-bond acceptors (Lipinski definition) is 8. The van der Waals surface area contributed by atoms with Gasteiger partial charge in [0, 0.05) is 20.3 Å². The average Bonchev–Trinajstić information content (AvgIpc) is 3.36. The Kier molecular flexibility index (Phi) is 13.3. The van der Waals surface area contributed by atoms with E-state index in [4.69, 9.17) is 19.9 Å². The van der Waals surface area contributed by atoms with Crippen LogP contribution in [0.2, 0.25) is 0 Å². The molecule has 2 saturated carbocycles. The molecule has 1 heterocycles. The van der Waals surface area contributed by atoms with Crippen molar-refractivity contribution in [1.29, 1.82) is 0 Å². The van der Waals surface area contributed by atoms with E-state index in [-0.39, 0.29) is 42.5 Å². The van der Waals surface area contributed by atoms with Gasteiger partial charge in [-0.1, -0.05) is 32.6 Å². The summed E-state index contributed by atoms with van der Waals surface area (Å²) in [6.07, 6.45) is 13.4. The lowest BCUT2D eigenvalue weighted by atomic mass is 9.66. The predicted molar refractivity (Wildman–Crippen MR) is 147 cm³/mol. The van der Waals surface area contributed by atoms with Crippen LogP contribution in [0, 0.1) is 17.8 Å². The van der Waals surface area contributed by atoms with Gasteiger partial charge < -0.3 is 30.4 Å². The van der Waals surface area contributed by atoms with Gasteiger partial charge in [-0.15, -0.1) is 0 Å². The van der Waals surface area contributed by atoms with Crippen molar-refractivity contribution in [3.05, 3.63) is 0 Å². The average molecular weight is 539 g/mol. The zero-order valence-electron chi connectivity index (χ0n) is 24.1. The second kappa shape index (κ2) is 16.1. The molecule has 0 spiro atoms. The van der Waals surface area contributed by atoms with Crippen LogP contribution in [-0.2, 0) is 23.8 Å². The second-order valence-corrected chi connectivity index (χ2v) is 12.2. The summed E-state index contributed by atoms with van der Waals surface area (Å²) in [5.41, 5.74) is 6.27. The molecule has 38 heavy (non-hydrogen) atoms. The van der Waals surface area contributed by atoms with Crippen LogP contribution in [0.25, 0.3) is 0 Å². The second-order valence-electron chi connectivity index (χ2n) is 12.2. The molecule has 1 aliphatic heterocycles. The maximum absolute atomic E-state index is 12.0. The molecule has 0 aromatic heterocycles. The lowest BCUT2D eigenvalue weighted by Gasteiger charge is -2.45. The number of esters is 2. The molecule has 4 N–H and O–H groups in total. The Morgan fingerprint density at radius 2 is 1.66 bits per heavy atom. The van der Waals surface area contributed by atoms with E-state index in [1.54, 1.807) is 0 Å². The first kappa shape index (κ1) is 31.3. The molecule has 3 fully saturated rings. The van der Waals surface area contributed by atoms with Crippen molar-refractivity contribution in [2.45, 2.75) is 154 Å². The van der Waals surface area contributed by atoms with Crippen LogP contribution in [0.4, 0.5) is 0 Å². The highest BCUT2D eigenvalue weighted by molar-refractivity contribution is 5.66. The van der Waals surface area contributed by atoms with Gasteiger partial charge in [0.15, 0.2) is 0 Å². The zero-order valence-corrected chi connectivity index (χ0v) is 24.1. The molecule has 0 bridgehead atoms. The SMILES string of the molecule is CCCCC[C@@H](C[C@@H](CCC1CC(OC2CCCC2)C(O)CC1C1CCNC(N)C1)OC(C)=O)OC(C)=O. The lowest BCUT2D eigenvalue weighted by Crippen LogP contribution is -2.50. The molecule has 220 valence electrons. The summed E-state index contributed by atoms with van der Waals surface area (Å²) in [5, 5.41) is 14.5. The van der Waals surface area contributed by atoms with Gasteiger partial charge in [0.1, 0.15) is 12.2 Å². The number of nitrogens with one attached hydrogen (secondary N) is 1. The number of rotatable bonds is 14. The highest BCUT2D eigenvalue weighted by Gasteiger charge is 2.42. The molecule has 1 saturated heterocycles. The van der Waals surface area contributed by atoms with Crippen LogP contribution in [0.3, 0.4) is 0 Å². The van der Waals surface area contributed by atoms with E-state index >= 15 is 0 Å². The minimum Gasteiger partial charge on any atom is -0.462 e. The third kappa shape index (κ3) is 10.4. The number of hydrogen-bond donors (Lipinski definition) is 3. The molecule has 8 heteroatoms. The third-order valence-electron chi connectivity index (χ3n) is 9.02. The number of piperidine rings is 1. The summed E-state index contributed by atoms with van der Waals surface area (Å²) in [5.74, 6) is 0.614. The van der Waals surface area contributed by atoms with Gasteiger partial charge in [-0.25, -0.2) is 0 Å². The zero-order chi connectivity index (χ0) is 27.5. The Labute approximate surface area is 230 Å². The van der Waals surface area contributed by atoms with E-state index in [1.807, 2.05) is 0 Å². The number of nitrogens with two attached hydrogens (primary N) is 1. The Morgan fingerprint density at radius 3 is 2.29 bits per heavy atom. The fourth-order valence-corrected chi connectivity index (χ4v) is 7.19. The molecular formula is C30H54N2O6. The van der Waals surface area contributed by atoms with Gasteiger partial charge in [0.25, 0.3) is 0 Å². The molecule has 8 atom stereocenters. The van der Waals surface area contributed by atoms with Gasteiger partial charge in [0.05, 0.1) is 24.5 Å². The third-order valence-corrected chi connectivity index (χ3v) is 9.02. The van der Waals surface area contributed by atoms with E-state index in [0.29, 0.717) is 24.2 Å². The summed E-state index contributed by atoms with van der Waals surface area (Å²) in [4.78, 5) is 23.8. The highest BCUT2D eigenvalue weighted by atomic mass is 16.6. The molecule has 0 radical (unpaired) electrons. The summed E-state index contributed by atoms with van der Waals surface area (Å²) >= 11 is 0. The standard InChI is InChI=1S/C30H54N2O6/c1-4-5-6-11-25(36-20(2)33)18-26(37-21(3)34)13-12-22-16-29(38-24-9-7-8-10-24)28(35)19-27(22)23-14-15-32-30(31)17-23/h22-30,32,35H,4-19,31H2,1-3H3/t22?,23?,25-,26+,27?,28?,29?,30?/m0/s1. The fraction of sp³-hybridized carbons (Fsp3) is 0.933. The Balaban J connectivity index is 1.68. The van der Waals surface area contributed by atoms with Crippen molar-refractivity contribution in [1.82, 2.24) is 5.32 Å². The number of aliphatic hydroxyl groups is 1. The van der Waals surface area contributed by atoms with E-state index in [9.17, 15) is 14.7 Å². The molecule has 2 aliphatic carbocycles. The van der Waals surface area contributed by atoms with Crippen molar-refractivity contribution in [2.24, 2.45) is 23.5 Å². The van der Waals surface area contributed by atoms with Crippen molar-refractivity contribution in [3.63, 3.8) is 0 Å². The van der Waals surface area contributed by atoms with Gasteiger partial charge in [-0.2, -0.15) is 0 Å². The van der Waals surface area contributed by atoms with Crippen LogP contribution in [0.5, 0.6) is 0 Å². The normalized spacial score (nSPS) is 32.0. The van der Waals surface area contributed by atoms with Crippen LogP contribution in [0.1, 0.15) is 117 Å². The monoisotopic (exact) mass is 538 g/mol. The Hall–Kier alpha value is -1.22. The van der Waals surface area contributed by atoms with E-state index in [1.165, 1.54) is 26.7 Å². The summed E-state index contributed by atoms with van der Waals surface area (Å²) < 4.78 is 17.9. The molecule has 0 amide bonds. The number of aliphatic hydroxyl groups excluding tert-OH is 1. The smallest absolute Gasteiger partial charge is 0.302 e. The molecule has 0 aromatic carbocycles. The Morgan fingerprint density at radius 1 is 0.974 bits per heavy atom. The van der Waals surface area contributed by atoms with Crippen LogP contribution in [0.15, 0.2) is 0 Å². The van der Waals surface area contributed by atoms with Gasteiger partial charge in [-0.05, 0) is 88.5 Å². The number of carbonyl (C=O) groups excluding carboxylic acids is 2. The predicted octanol–water partition coefficient (Wildman–Crippen LogP) is 4.60. The maximum atomic E-state index is 12.0. The first-order valence-corrected chi connectivity index (χ1v) is 15.4. The number of carbonyl (C=O) groups is 2. The maximum Gasteiger partial charge on any atom is 0.302 e. The van der Waals surface area contributed by atoms with Crippen LogP contribution >= 0.6 is 0 Å². The van der Waals surface area contributed by atoms with Crippen LogP contribution < -0.4 is 11.1 Å². The largest absolute Gasteiger partial charge is 0.462 e. The molecule has 6 unspecified atom stereocenters. The molecule has 3 rings (SSSR count). The minimum absolute atomic E-state index is 0.000378. The highest BCUT2D eigenvalue weighted by Crippen LogP contribution is 2.43. The molecule has 8 nitrogen and oxygen atoms in total. The lowest BCUT2D eigenvalue weighted by molar-refractivity contribution is -0.154. The summed E-state index contributed by atoms with van der Waals surface area (Å²) in [6.45, 7) is 5.95. The van der Waals surface area contributed by atoms with Crippen LogP contribution in [-0.4, -0.2) is 60.3 Å². The minimum atomic E-state index is -0.445. The van der Waals surface area contributed by atoms with E-state index < -0.39 is 6.10 Å². The van der Waals surface area contributed by atoms with E-state index in [0.717, 1.165) is 83.6 Å². The molecule has 0 aromatic rings. The number of ether oxygens (including phenoxy) is 3. The van der Waals surface area contributed by atoms with Gasteiger partial charge in [-0.3, -0.25) is 9.59 Å². The molecular weight excluding hydrogens is 484 g/mol. The Bertz CT molecular complexity index is 715. The number of unbranched alkanes of at least 4 members (excludes halogenated alkanes) is 2. The van der Waals surface area contributed by atoms with Crippen molar-refractivity contribution < 1.29 is 28.9 Å². The summed E-state index contributed by atoms with van der Waals surface area (Å²) in [7, 11) is 0.